The number of rotatable bonds is 11. The maximum Gasteiger partial charge on any atom is 0.312 e. The van der Waals surface area contributed by atoms with E-state index < -0.39 is 21.0 Å². The lowest BCUT2D eigenvalue weighted by molar-refractivity contribution is -0.167. The van der Waals surface area contributed by atoms with Crippen LogP contribution in [-0.2, 0) is 26.0 Å². The number of benzene rings is 2. The first-order valence-electron chi connectivity index (χ1n) is 12.2. The number of carbonyl (C=O) groups is 1. The Balaban J connectivity index is 1.93. The van der Waals surface area contributed by atoms with Gasteiger partial charge in [0.1, 0.15) is 22.9 Å². The molecule has 2 aromatic carbocycles. The predicted molar refractivity (Wildman–Crippen MR) is 140 cm³/mol. The second-order valence-corrected chi connectivity index (χ2v) is 13.4. The molecule has 0 bridgehead atoms. The highest BCUT2D eigenvalue weighted by molar-refractivity contribution is 7.89. The number of halogens is 1. The van der Waals surface area contributed by atoms with E-state index in [1.54, 1.807) is 6.07 Å². The van der Waals surface area contributed by atoms with E-state index in [9.17, 15) is 17.6 Å². The Labute approximate surface area is 215 Å². The van der Waals surface area contributed by atoms with Gasteiger partial charge in [0, 0.05) is 0 Å². The Morgan fingerprint density at radius 1 is 0.917 bits per heavy atom. The van der Waals surface area contributed by atoms with Gasteiger partial charge in [-0.3, -0.25) is 4.79 Å². The number of ether oxygens (including phenoxy) is 2. The van der Waals surface area contributed by atoms with Crippen LogP contribution in [0, 0.1) is 16.6 Å². The van der Waals surface area contributed by atoms with Crippen LogP contribution in [0.4, 0.5) is 4.39 Å². The van der Waals surface area contributed by atoms with Gasteiger partial charge in [-0.1, -0.05) is 20.3 Å². The van der Waals surface area contributed by atoms with E-state index >= 15 is 0 Å². The minimum atomic E-state index is -3.78. The van der Waals surface area contributed by atoms with E-state index in [2.05, 4.69) is 13.8 Å². The van der Waals surface area contributed by atoms with Crippen LogP contribution >= 0.6 is 0 Å². The first-order valence-corrected chi connectivity index (χ1v) is 13.8. The molecule has 0 saturated heterocycles. The fourth-order valence-electron chi connectivity index (χ4n) is 4.33. The molecule has 0 aromatic heterocycles. The summed E-state index contributed by atoms with van der Waals surface area (Å²) in [5, 5.41) is 5.11. The first-order chi connectivity index (χ1) is 16.4. The molecule has 0 unspecified atom stereocenters. The quantitative estimate of drug-likeness (QED) is 0.260. The van der Waals surface area contributed by atoms with Crippen LogP contribution in [0.5, 0.6) is 11.5 Å². The fraction of sp³-hybridized carbons (Fsp3) is 0.536. The van der Waals surface area contributed by atoms with Gasteiger partial charge >= 0.3 is 5.97 Å². The summed E-state index contributed by atoms with van der Waals surface area (Å²) in [4.78, 5) is 12.6. The lowest BCUT2D eigenvalue weighted by atomic mass is 9.72. The molecule has 8 heteroatoms. The molecule has 0 atom stereocenters. The van der Waals surface area contributed by atoms with Crippen molar-refractivity contribution >= 4 is 16.0 Å². The second-order valence-electron chi connectivity index (χ2n) is 11.8. The smallest absolute Gasteiger partial charge is 0.312 e. The number of sulfonamides is 1. The maximum absolute atomic E-state index is 14.4. The number of primary sulfonamides is 1. The molecule has 0 radical (unpaired) electrons. The Morgan fingerprint density at radius 3 is 2.06 bits per heavy atom. The molecule has 0 aliphatic rings. The molecule has 36 heavy (non-hydrogen) atoms. The second kappa shape index (κ2) is 11.3. The third-order valence-corrected chi connectivity index (χ3v) is 6.76. The van der Waals surface area contributed by atoms with Crippen molar-refractivity contribution in [2.45, 2.75) is 91.1 Å². The van der Waals surface area contributed by atoms with Crippen LogP contribution in [-0.4, -0.2) is 20.0 Å². The third-order valence-electron chi connectivity index (χ3n) is 5.83. The summed E-state index contributed by atoms with van der Waals surface area (Å²) in [6.45, 7) is 13.8. The van der Waals surface area contributed by atoms with Gasteiger partial charge < -0.3 is 9.47 Å². The molecule has 0 heterocycles. The van der Waals surface area contributed by atoms with Gasteiger partial charge in [-0.25, -0.2) is 17.9 Å². The molecule has 2 rings (SSSR count). The van der Waals surface area contributed by atoms with E-state index in [-0.39, 0.29) is 22.1 Å². The summed E-state index contributed by atoms with van der Waals surface area (Å²) in [7, 11) is -3.78. The van der Waals surface area contributed by atoms with Gasteiger partial charge in [0.05, 0.1) is 10.3 Å². The Kier molecular flexibility index (Phi) is 9.35. The molecule has 0 aliphatic carbocycles. The third kappa shape index (κ3) is 9.54. The highest BCUT2D eigenvalue weighted by Gasteiger charge is 2.37. The van der Waals surface area contributed by atoms with Gasteiger partial charge in [0.2, 0.25) is 10.0 Å². The zero-order chi connectivity index (χ0) is 27.4. The van der Waals surface area contributed by atoms with Gasteiger partial charge in [-0.2, -0.15) is 0 Å². The van der Waals surface area contributed by atoms with E-state index in [0.717, 1.165) is 19.3 Å². The number of unbranched alkanes of at least 4 members (excludes halogenated alkanes) is 1. The summed E-state index contributed by atoms with van der Waals surface area (Å²) >= 11 is 0. The van der Waals surface area contributed by atoms with Crippen molar-refractivity contribution in [1.29, 1.82) is 0 Å². The van der Waals surface area contributed by atoms with Gasteiger partial charge in [0.25, 0.3) is 0 Å². The molecule has 0 fully saturated rings. The van der Waals surface area contributed by atoms with E-state index in [1.165, 1.54) is 36.4 Å². The number of carbonyl (C=O) groups excluding carboxylic acids is 1. The topological polar surface area (TPSA) is 95.7 Å². The van der Waals surface area contributed by atoms with Crippen LogP contribution < -0.4 is 9.88 Å². The van der Waals surface area contributed by atoms with Crippen LogP contribution in [0.2, 0.25) is 0 Å². The van der Waals surface area contributed by atoms with Crippen LogP contribution in [0.3, 0.4) is 0 Å². The van der Waals surface area contributed by atoms with Gasteiger partial charge in [0.15, 0.2) is 0 Å². The molecule has 6 nitrogen and oxygen atoms in total. The molecule has 0 saturated carbocycles. The number of hydrogen-bond donors (Lipinski definition) is 1. The number of nitrogens with two attached hydrogens (primary N) is 1. The zero-order valence-electron chi connectivity index (χ0n) is 22.5. The van der Waals surface area contributed by atoms with Crippen LogP contribution in [0.15, 0.2) is 47.4 Å². The predicted octanol–water partition coefficient (Wildman–Crippen LogP) is 6.76. The van der Waals surface area contributed by atoms with Crippen LogP contribution in [0.25, 0.3) is 0 Å². The molecule has 2 aromatic rings. The van der Waals surface area contributed by atoms with E-state index in [1.807, 2.05) is 34.6 Å². The highest BCUT2D eigenvalue weighted by Crippen LogP contribution is 2.39. The molecule has 0 amide bonds. The Hall–Kier alpha value is -2.45. The average molecular weight is 522 g/mol. The maximum atomic E-state index is 14.4. The summed E-state index contributed by atoms with van der Waals surface area (Å²) < 4.78 is 48.6. The molecular weight excluding hydrogens is 481 g/mol. The lowest BCUT2D eigenvalue weighted by Gasteiger charge is -2.35. The molecule has 0 spiro atoms. The molecular formula is C28H40FNO5S. The summed E-state index contributed by atoms with van der Waals surface area (Å²) in [5.74, 6) is 0.405. The number of esters is 1. The van der Waals surface area contributed by atoms with Crippen molar-refractivity contribution in [3.05, 3.63) is 53.8 Å². The summed E-state index contributed by atoms with van der Waals surface area (Å²) in [5.41, 5.74) is -0.635. The molecule has 200 valence electrons. The van der Waals surface area contributed by atoms with Crippen molar-refractivity contribution < 1.29 is 27.1 Å². The van der Waals surface area contributed by atoms with E-state index in [4.69, 9.17) is 14.6 Å². The number of hydrogen-bond acceptors (Lipinski definition) is 5. The zero-order valence-corrected chi connectivity index (χ0v) is 23.3. The van der Waals surface area contributed by atoms with Crippen molar-refractivity contribution in [2.24, 2.45) is 16.0 Å². The lowest BCUT2D eigenvalue weighted by Crippen LogP contribution is -2.36. The van der Waals surface area contributed by atoms with Gasteiger partial charge in [-0.05, 0) is 114 Å². The molecule has 2 N–H and O–H groups in total. The van der Waals surface area contributed by atoms with Crippen molar-refractivity contribution in [1.82, 2.24) is 0 Å². The first kappa shape index (κ1) is 29.8. The summed E-state index contributed by atoms with van der Waals surface area (Å²) in [6.07, 6.45) is 3.82. The average Bonchev–Trinajstić information content (AvgIpc) is 2.71. The standard InChI is InChI=1S/C28H40FNO5S/c1-26(2,3)35-25(31)28(6,7)19-27(4,5)17-9-8-10-20-18-22(13-16-24(20)29)34-21-11-14-23(15-12-21)36(30,32)33/h11-16,18H,8-10,17,19H2,1-7H3,(H2,30,32,33). The minimum Gasteiger partial charge on any atom is -0.460 e. The molecule has 0 aliphatic heterocycles. The van der Waals surface area contributed by atoms with Crippen molar-refractivity contribution in [3.8, 4) is 11.5 Å². The summed E-state index contributed by atoms with van der Waals surface area (Å²) in [6, 6.07) is 10.3. The minimum absolute atomic E-state index is 0.00736. The van der Waals surface area contributed by atoms with E-state index in [0.29, 0.717) is 29.9 Å². The monoisotopic (exact) mass is 521 g/mol. The Morgan fingerprint density at radius 2 is 1.50 bits per heavy atom. The van der Waals surface area contributed by atoms with Gasteiger partial charge in [-0.15, -0.1) is 0 Å². The Bertz CT molecular complexity index is 1150. The largest absolute Gasteiger partial charge is 0.460 e. The SMILES string of the molecule is CC(C)(CCCCc1cc(Oc2ccc(S(N)(=O)=O)cc2)ccc1F)CC(C)(C)C(=O)OC(C)(C)C. The van der Waals surface area contributed by atoms with Crippen molar-refractivity contribution in [2.75, 3.05) is 0 Å². The fourth-order valence-corrected chi connectivity index (χ4v) is 4.85. The number of aryl methyl sites for hydroxylation is 1. The van der Waals surface area contributed by atoms with Crippen LogP contribution in [0.1, 0.15) is 79.7 Å². The van der Waals surface area contributed by atoms with Crippen molar-refractivity contribution in [3.63, 3.8) is 0 Å². The normalized spacial score (nSPS) is 12.9. The highest BCUT2D eigenvalue weighted by atomic mass is 32.2.